The Kier molecular flexibility index (Phi) is 3.65. The van der Waals surface area contributed by atoms with Gasteiger partial charge in [-0.25, -0.2) is 0 Å². The maximum atomic E-state index is 11.5. The molecule has 0 bridgehead atoms. The first-order valence-electron chi connectivity index (χ1n) is 6.92. The molecule has 1 unspecified atom stereocenters. The average molecular weight is 276 g/mol. The third-order valence-electron chi connectivity index (χ3n) is 3.40. The van der Waals surface area contributed by atoms with Gasteiger partial charge in [-0.3, -0.25) is 9.78 Å². The number of aromatic nitrogens is 1. The number of hydrogen-bond acceptors (Lipinski definition) is 2. The van der Waals surface area contributed by atoms with Crippen molar-refractivity contribution in [2.45, 2.75) is 13.0 Å². The van der Waals surface area contributed by atoms with E-state index in [0.717, 1.165) is 22.2 Å². The molecule has 3 heteroatoms. The zero-order chi connectivity index (χ0) is 14.7. The number of nitrogens with one attached hydrogen (secondary N) is 1. The second-order valence-corrected chi connectivity index (χ2v) is 4.97. The van der Waals surface area contributed by atoms with E-state index < -0.39 is 0 Å². The van der Waals surface area contributed by atoms with E-state index in [0.29, 0.717) is 0 Å². The number of hydrogen-bond donors (Lipinski definition) is 1. The molecule has 104 valence electrons. The van der Waals surface area contributed by atoms with Crippen molar-refractivity contribution in [2.75, 3.05) is 0 Å². The van der Waals surface area contributed by atoms with Crippen LogP contribution in [0.2, 0.25) is 0 Å². The number of fused-ring (bicyclic) bond motifs is 1. The summed E-state index contributed by atoms with van der Waals surface area (Å²) in [4.78, 5) is 16.2. The summed E-state index contributed by atoms with van der Waals surface area (Å²) in [6, 6.07) is 21.6. The average Bonchev–Trinajstić information content (AvgIpc) is 2.53. The van der Waals surface area contributed by atoms with Gasteiger partial charge < -0.3 is 5.32 Å². The van der Waals surface area contributed by atoms with Crippen molar-refractivity contribution in [3.05, 3.63) is 78.0 Å². The van der Waals surface area contributed by atoms with Crippen LogP contribution in [-0.2, 0) is 4.79 Å². The summed E-state index contributed by atoms with van der Waals surface area (Å²) in [6.45, 7) is 1.52. The molecule has 1 N–H and O–H groups in total. The molecule has 3 aromatic rings. The highest BCUT2D eigenvalue weighted by Crippen LogP contribution is 2.22. The van der Waals surface area contributed by atoms with Crippen molar-refractivity contribution in [3.8, 4) is 0 Å². The van der Waals surface area contributed by atoms with Crippen LogP contribution in [0.25, 0.3) is 10.9 Å². The summed E-state index contributed by atoms with van der Waals surface area (Å²) in [5.74, 6) is -0.0705. The molecule has 0 saturated carbocycles. The van der Waals surface area contributed by atoms with Gasteiger partial charge in [-0.2, -0.15) is 0 Å². The second kappa shape index (κ2) is 5.75. The number of nitrogens with zero attached hydrogens (tertiary/aromatic N) is 1. The molecule has 1 atom stereocenters. The van der Waals surface area contributed by atoms with Crippen LogP contribution >= 0.6 is 0 Å². The van der Waals surface area contributed by atoms with E-state index in [2.05, 4.69) is 5.32 Å². The Hall–Kier alpha value is -2.68. The van der Waals surface area contributed by atoms with Gasteiger partial charge in [0, 0.05) is 12.3 Å². The molecule has 0 spiro atoms. The standard InChI is InChI=1S/C18H16N2O/c1-13(21)19-18(15-8-3-2-4-9-15)17-12-11-14-7-5-6-10-16(14)20-17/h2-12,18H,1H3,(H,19,21). The number of amides is 1. The molecule has 0 saturated heterocycles. The van der Waals surface area contributed by atoms with Crippen LogP contribution in [0.5, 0.6) is 0 Å². The number of benzene rings is 2. The summed E-state index contributed by atoms with van der Waals surface area (Å²) in [5, 5.41) is 4.07. The molecule has 2 aromatic carbocycles. The Bertz CT molecular complexity index is 768. The van der Waals surface area contributed by atoms with E-state index in [4.69, 9.17) is 4.98 Å². The summed E-state index contributed by atoms with van der Waals surface area (Å²) in [5.41, 5.74) is 2.80. The highest BCUT2D eigenvalue weighted by molar-refractivity contribution is 5.79. The van der Waals surface area contributed by atoms with Crippen LogP contribution in [0.4, 0.5) is 0 Å². The molecule has 1 aromatic heterocycles. The van der Waals surface area contributed by atoms with Gasteiger partial charge in [-0.05, 0) is 17.7 Å². The van der Waals surface area contributed by atoms with Gasteiger partial charge in [0.2, 0.25) is 5.91 Å². The maximum Gasteiger partial charge on any atom is 0.217 e. The molecule has 1 heterocycles. The molecular formula is C18H16N2O. The van der Waals surface area contributed by atoms with Crippen LogP contribution < -0.4 is 5.32 Å². The Balaban J connectivity index is 2.07. The fourth-order valence-electron chi connectivity index (χ4n) is 2.42. The zero-order valence-electron chi connectivity index (χ0n) is 11.8. The smallest absolute Gasteiger partial charge is 0.217 e. The van der Waals surface area contributed by atoms with Gasteiger partial charge >= 0.3 is 0 Å². The van der Waals surface area contributed by atoms with Crippen molar-refractivity contribution in [2.24, 2.45) is 0 Å². The molecule has 3 rings (SSSR count). The zero-order valence-corrected chi connectivity index (χ0v) is 11.8. The van der Waals surface area contributed by atoms with Crippen LogP contribution in [0.15, 0.2) is 66.7 Å². The van der Waals surface area contributed by atoms with Gasteiger partial charge in [0.25, 0.3) is 0 Å². The first-order chi connectivity index (χ1) is 10.2. The Morgan fingerprint density at radius 1 is 0.952 bits per heavy atom. The highest BCUT2D eigenvalue weighted by atomic mass is 16.1. The quantitative estimate of drug-likeness (QED) is 0.796. The lowest BCUT2D eigenvalue weighted by atomic mass is 10.0. The molecule has 0 radical (unpaired) electrons. The molecule has 0 aliphatic rings. The minimum atomic E-state index is -0.228. The third kappa shape index (κ3) is 2.92. The van der Waals surface area contributed by atoms with E-state index in [1.165, 1.54) is 6.92 Å². The number of pyridine rings is 1. The van der Waals surface area contributed by atoms with Crippen molar-refractivity contribution in [3.63, 3.8) is 0 Å². The van der Waals surface area contributed by atoms with Gasteiger partial charge in [-0.1, -0.05) is 54.6 Å². The number of rotatable bonds is 3. The lowest BCUT2D eigenvalue weighted by Crippen LogP contribution is -2.27. The fourth-order valence-corrected chi connectivity index (χ4v) is 2.42. The predicted molar refractivity (Wildman–Crippen MR) is 83.8 cm³/mol. The summed E-state index contributed by atoms with van der Waals surface area (Å²) >= 11 is 0. The molecule has 0 aliphatic carbocycles. The normalized spacial score (nSPS) is 12.0. The van der Waals surface area contributed by atoms with Crippen molar-refractivity contribution < 1.29 is 4.79 Å². The van der Waals surface area contributed by atoms with Gasteiger partial charge in [0.1, 0.15) is 0 Å². The van der Waals surface area contributed by atoms with Crippen LogP contribution in [-0.4, -0.2) is 10.9 Å². The van der Waals surface area contributed by atoms with Crippen LogP contribution in [0, 0.1) is 0 Å². The first kappa shape index (κ1) is 13.3. The summed E-state index contributed by atoms with van der Waals surface area (Å²) < 4.78 is 0. The fraction of sp³-hybridized carbons (Fsp3) is 0.111. The largest absolute Gasteiger partial charge is 0.344 e. The van der Waals surface area contributed by atoms with Gasteiger partial charge in [-0.15, -0.1) is 0 Å². The minimum Gasteiger partial charge on any atom is -0.344 e. The van der Waals surface area contributed by atoms with Gasteiger partial charge in [0.05, 0.1) is 17.3 Å². The maximum absolute atomic E-state index is 11.5. The monoisotopic (exact) mass is 276 g/mol. The first-order valence-corrected chi connectivity index (χ1v) is 6.92. The van der Waals surface area contributed by atoms with Crippen LogP contribution in [0.3, 0.4) is 0 Å². The van der Waals surface area contributed by atoms with E-state index >= 15 is 0 Å². The Labute approximate surface area is 123 Å². The molecule has 0 fully saturated rings. The number of para-hydroxylation sites is 1. The van der Waals surface area contributed by atoms with E-state index in [9.17, 15) is 4.79 Å². The second-order valence-electron chi connectivity index (χ2n) is 4.97. The number of carbonyl (C=O) groups is 1. The summed E-state index contributed by atoms with van der Waals surface area (Å²) in [6.07, 6.45) is 0. The predicted octanol–water partition coefficient (Wildman–Crippen LogP) is 3.46. The SMILES string of the molecule is CC(=O)NC(c1ccccc1)c1ccc2ccccc2n1. The van der Waals surface area contributed by atoms with E-state index in [1.807, 2.05) is 66.7 Å². The molecule has 0 aliphatic heterocycles. The molecule has 21 heavy (non-hydrogen) atoms. The van der Waals surface area contributed by atoms with Crippen molar-refractivity contribution >= 4 is 16.8 Å². The van der Waals surface area contributed by atoms with Crippen LogP contribution in [0.1, 0.15) is 24.2 Å². The van der Waals surface area contributed by atoms with Crippen molar-refractivity contribution in [1.29, 1.82) is 0 Å². The number of carbonyl (C=O) groups excluding carboxylic acids is 1. The van der Waals surface area contributed by atoms with Gasteiger partial charge in [0.15, 0.2) is 0 Å². The van der Waals surface area contributed by atoms with Crippen molar-refractivity contribution in [1.82, 2.24) is 10.3 Å². The summed E-state index contributed by atoms with van der Waals surface area (Å²) in [7, 11) is 0. The van der Waals surface area contributed by atoms with E-state index in [-0.39, 0.29) is 11.9 Å². The molecular weight excluding hydrogens is 260 g/mol. The highest BCUT2D eigenvalue weighted by Gasteiger charge is 2.16. The van der Waals surface area contributed by atoms with E-state index in [1.54, 1.807) is 0 Å². The Morgan fingerprint density at radius 2 is 1.67 bits per heavy atom. The molecule has 1 amide bonds. The third-order valence-corrected chi connectivity index (χ3v) is 3.40. The topological polar surface area (TPSA) is 42.0 Å². The Morgan fingerprint density at radius 3 is 2.43 bits per heavy atom. The lowest BCUT2D eigenvalue weighted by Gasteiger charge is -2.18. The minimum absolute atomic E-state index is 0.0705. The molecule has 3 nitrogen and oxygen atoms in total. The lowest BCUT2D eigenvalue weighted by molar-refractivity contribution is -0.119.